The second-order valence-electron chi connectivity index (χ2n) is 6.33. The number of Topliss-reactive ketones (excluding diaryl/α,β-unsaturated/α-hetero) is 1. The third-order valence-corrected chi connectivity index (χ3v) is 4.45. The molecule has 1 nitrogen and oxygen atoms in total. The molecule has 0 N–H and O–H groups in total. The summed E-state index contributed by atoms with van der Waals surface area (Å²) in [6.07, 6.45) is 4.52. The maximum absolute atomic E-state index is 13.1. The van der Waals surface area contributed by atoms with Crippen molar-refractivity contribution in [3.63, 3.8) is 0 Å². The van der Waals surface area contributed by atoms with Gasteiger partial charge in [-0.15, -0.1) is 0 Å². The highest BCUT2D eigenvalue weighted by molar-refractivity contribution is 6.30. The van der Waals surface area contributed by atoms with Crippen LogP contribution in [0.3, 0.4) is 0 Å². The average Bonchev–Trinajstić information content (AvgIpc) is 2.33. The number of hydrogen-bond acceptors (Lipinski definition) is 1. The molecule has 1 fully saturated rings. The van der Waals surface area contributed by atoms with Gasteiger partial charge in [0.1, 0.15) is 11.6 Å². The highest BCUT2D eigenvalue weighted by Crippen LogP contribution is 2.38. The quantitative estimate of drug-likeness (QED) is 0.778. The number of rotatable bonds is 3. The maximum Gasteiger partial charge on any atom is 0.141 e. The number of ketones is 1. The van der Waals surface area contributed by atoms with E-state index in [1.54, 1.807) is 12.1 Å². The Bertz CT molecular complexity index is 472. The zero-order chi connectivity index (χ0) is 14.0. The molecule has 0 spiro atoms. The molecule has 0 saturated heterocycles. The van der Waals surface area contributed by atoms with Gasteiger partial charge in [0, 0.05) is 12.3 Å². The number of carbonyl (C=O) groups is 1. The molecule has 1 aliphatic rings. The van der Waals surface area contributed by atoms with Gasteiger partial charge in [-0.1, -0.05) is 31.5 Å². The smallest absolute Gasteiger partial charge is 0.141 e. The van der Waals surface area contributed by atoms with Crippen LogP contribution in [0.25, 0.3) is 0 Å². The molecule has 1 saturated carbocycles. The number of hydrogen-bond donors (Lipinski definition) is 0. The summed E-state index contributed by atoms with van der Waals surface area (Å²) in [5, 5.41) is 0.0927. The molecule has 0 aliphatic heterocycles. The first-order valence-electron chi connectivity index (χ1n) is 6.84. The standard InChI is InChI=1S/C16H20ClFO/c1-16(2)7-5-12(6-8-16)15(19)10-11-3-4-14(18)13(17)9-11/h3-4,9,12H,5-8,10H2,1-2H3. The molecule has 0 bridgehead atoms. The highest BCUT2D eigenvalue weighted by atomic mass is 35.5. The first-order valence-corrected chi connectivity index (χ1v) is 7.22. The van der Waals surface area contributed by atoms with Gasteiger partial charge in [-0.3, -0.25) is 4.79 Å². The van der Waals surface area contributed by atoms with Gasteiger partial charge < -0.3 is 0 Å². The van der Waals surface area contributed by atoms with Gasteiger partial charge in [-0.05, 0) is 48.8 Å². The number of halogens is 2. The van der Waals surface area contributed by atoms with Crippen LogP contribution in [0.2, 0.25) is 5.02 Å². The maximum atomic E-state index is 13.1. The summed E-state index contributed by atoms with van der Waals surface area (Å²) in [7, 11) is 0. The van der Waals surface area contributed by atoms with Crippen molar-refractivity contribution in [1.82, 2.24) is 0 Å². The SMILES string of the molecule is CC1(C)CCC(C(=O)Cc2ccc(F)c(Cl)c2)CC1. The van der Waals surface area contributed by atoms with E-state index in [0.717, 1.165) is 31.2 Å². The molecule has 3 heteroatoms. The summed E-state index contributed by atoms with van der Waals surface area (Å²) in [6.45, 7) is 4.51. The van der Waals surface area contributed by atoms with E-state index in [2.05, 4.69) is 13.8 Å². The molecule has 19 heavy (non-hydrogen) atoms. The summed E-state index contributed by atoms with van der Waals surface area (Å²) in [4.78, 5) is 12.2. The van der Waals surface area contributed by atoms with E-state index < -0.39 is 5.82 Å². The zero-order valence-corrected chi connectivity index (χ0v) is 12.3. The van der Waals surface area contributed by atoms with Crippen LogP contribution >= 0.6 is 11.6 Å². The van der Waals surface area contributed by atoms with Gasteiger partial charge in [0.05, 0.1) is 5.02 Å². The lowest BCUT2D eigenvalue weighted by Gasteiger charge is -2.33. The Morgan fingerprint density at radius 1 is 1.37 bits per heavy atom. The Morgan fingerprint density at radius 2 is 2.00 bits per heavy atom. The van der Waals surface area contributed by atoms with Crippen molar-refractivity contribution in [3.8, 4) is 0 Å². The second kappa shape index (κ2) is 5.62. The van der Waals surface area contributed by atoms with Crippen molar-refractivity contribution in [1.29, 1.82) is 0 Å². The second-order valence-corrected chi connectivity index (χ2v) is 6.74. The molecule has 1 aromatic rings. The number of carbonyl (C=O) groups excluding carboxylic acids is 1. The molecule has 1 aliphatic carbocycles. The minimum Gasteiger partial charge on any atom is -0.299 e. The fourth-order valence-corrected chi connectivity index (χ4v) is 2.92. The van der Waals surface area contributed by atoms with Crippen LogP contribution in [0.1, 0.15) is 45.1 Å². The van der Waals surface area contributed by atoms with E-state index >= 15 is 0 Å². The average molecular weight is 283 g/mol. The zero-order valence-electron chi connectivity index (χ0n) is 11.5. The van der Waals surface area contributed by atoms with Crippen LogP contribution in [0.15, 0.2) is 18.2 Å². The summed E-state index contributed by atoms with van der Waals surface area (Å²) in [5.74, 6) is -0.00712. The van der Waals surface area contributed by atoms with Crippen LogP contribution in [-0.2, 0) is 11.2 Å². The number of benzene rings is 1. The third kappa shape index (κ3) is 3.79. The van der Waals surface area contributed by atoms with E-state index in [0.29, 0.717) is 11.8 Å². The minimum atomic E-state index is -0.433. The van der Waals surface area contributed by atoms with Crippen LogP contribution in [0.4, 0.5) is 4.39 Å². The Morgan fingerprint density at radius 3 is 2.58 bits per heavy atom. The third-order valence-electron chi connectivity index (χ3n) is 4.16. The molecule has 0 unspecified atom stereocenters. The summed E-state index contributed by atoms with van der Waals surface area (Å²) in [5.41, 5.74) is 1.18. The van der Waals surface area contributed by atoms with Crippen molar-refractivity contribution < 1.29 is 9.18 Å². The molecule has 0 amide bonds. The fourth-order valence-electron chi connectivity index (χ4n) is 2.72. The Balaban J connectivity index is 1.96. The van der Waals surface area contributed by atoms with E-state index in [-0.39, 0.29) is 16.7 Å². The van der Waals surface area contributed by atoms with Crippen LogP contribution in [0, 0.1) is 17.2 Å². The topological polar surface area (TPSA) is 17.1 Å². The van der Waals surface area contributed by atoms with Gasteiger partial charge in [-0.2, -0.15) is 0 Å². The predicted molar refractivity (Wildman–Crippen MR) is 75.9 cm³/mol. The van der Waals surface area contributed by atoms with Crippen LogP contribution in [-0.4, -0.2) is 5.78 Å². The molecule has 1 aromatic carbocycles. The Hall–Kier alpha value is -0.890. The van der Waals surface area contributed by atoms with E-state index in [4.69, 9.17) is 11.6 Å². The predicted octanol–water partition coefficient (Wildman–Crippen LogP) is 4.81. The normalized spacial score (nSPS) is 19.4. The van der Waals surface area contributed by atoms with Crippen molar-refractivity contribution in [2.24, 2.45) is 11.3 Å². The van der Waals surface area contributed by atoms with Gasteiger partial charge in [0.15, 0.2) is 0 Å². The lowest BCUT2D eigenvalue weighted by Crippen LogP contribution is -2.27. The lowest BCUT2D eigenvalue weighted by atomic mass is 9.71. The first kappa shape index (κ1) is 14.5. The van der Waals surface area contributed by atoms with Crippen LogP contribution in [0.5, 0.6) is 0 Å². The van der Waals surface area contributed by atoms with Gasteiger partial charge in [-0.25, -0.2) is 4.39 Å². The lowest BCUT2D eigenvalue weighted by molar-refractivity contribution is -0.123. The molecule has 0 heterocycles. The Kier molecular flexibility index (Phi) is 4.29. The van der Waals surface area contributed by atoms with E-state index in [1.807, 2.05) is 0 Å². The molecular formula is C16H20ClFO. The molecule has 0 aromatic heterocycles. The molecule has 0 radical (unpaired) electrons. The summed E-state index contributed by atoms with van der Waals surface area (Å²) in [6, 6.07) is 4.53. The molecule has 104 valence electrons. The van der Waals surface area contributed by atoms with Crippen LogP contribution < -0.4 is 0 Å². The van der Waals surface area contributed by atoms with Gasteiger partial charge in [0.25, 0.3) is 0 Å². The highest BCUT2D eigenvalue weighted by Gasteiger charge is 2.30. The van der Waals surface area contributed by atoms with Gasteiger partial charge in [0.2, 0.25) is 0 Å². The Labute approximate surface area is 119 Å². The van der Waals surface area contributed by atoms with E-state index in [9.17, 15) is 9.18 Å². The molecular weight excluding hydrogens is 263 g/mol. The van der Waals surface area contributed by atoms with Crippen molar-refractivity contribution in [2.75, 3.05) is 0 Å². The molecule has 0 atom stereocenters. The van der Waals surface area contributed by atoms with Crippen molar-refractivity contribution in [2.45, 2.75) is 46.0 Å². The van der Waals surface area contributed by atoms with Crippen molar-refractivity contribution >= 4 is 17.4 Å². The summed E-state index contributed by atoms with van der Waals surface area (Å²) < 4.78 is 13.1. The minimum absolute atomic E-state index is 0.0927. The molecule has 2 rings (SSSR count). The van der Waals surface area contributed by atoms with E-state index in [1.165, 1.54) is 6.07 Å². The largest absolute Gasteiger partial charge is 0.299 e. The first-order chi connectivity index (χ1) is 8.87. The van der Waals surface area contributed by atoms with Crippen molar-refractivity contribution in [3.05, 3.63) is 34.6 Å². The fraction of sp³-hybridized carbons (Fsp3) is 0.562. The monoisotopic (exact) mass is 282 g/mol. The van der Waals surface area contributed by atoms with Gasteiger partial charge >= 0.3 is 0 Å². The summed E-state index contributed by atoms with van der Waals surface area (Å²) >= 11 is 5.73.